The topological polar surface area (TPSA) is 203 Å². The van der Waals surface area contributed by atoms with Gasteiger partial charge in [-0.2, -0.15) is 12.6 Å². The molecule has 5 atom stereocenters. The number of nitrogens with zero attached hydrogens (tertiary/aromatic N) is 1. The number of anilines is 1. The SMILES string of the molecule is CC[C@H](C)[C@H](NC(=O)[C@H](CC(C)C)NC(=O)[C@H](CS)NC(=O)CNS(=O)(=O)c1cccc2c(N(C)C)cccc12)C(=O)N[C@@H](CC(C)C)C(=O)O. The van der Waals surface area contributed by atoms with Crippen molar-refractivity contribution in [3.63, 3.8) is 0 Å². The average Bonchev–Trinajstić information content (AvgIpc) is 3.06. The maximum Gasteiger partial charge on any atom is 0.326 e. The molecule has 0 saturated heterocycles. The minimum Gasteiger partial charge on any atom is -0.480 e. The summed E-state index contributed by atoms with van der Waals surface area (Å²) in [4.78, 5) is 66.7. The highest BCUT2D eigenvalue weighted by Crippen LogP contribution is 2.30. The van der Waals surface area contributed by atoms with Gasteiger partial charge in [0.25, 0.3) is 0 Å². The van der Waals surface area contributed by atoms with Crippen LogP contribution in [0.25, 0.3) is 10.8 Å². The Morgan fingerprint density at radius 3 is 1.86 bits per heavy atom. The van der Waals surface area contributed by atoms with Gasteiger partial charge in [-0.15, -0.1) is 0 Å². The first-order chi connectivity index (χ1) is 23.8. The summed E-state index contributed by atoms with van der Waals surface area (Å²) < 4.78 is 28.9. The first-order valence-corrected chi connectivity index (χ1v) is 19.2. The maximum absolute atomic E-state index is 13.6. The van der Waals surface area contributed by atoms with Crippen LogP contribution in [-0.4, -0.2) is 93.7 Å². The predicted molar refractivity (Wildman–Crippen MR) is 201 cm³/mol. The van der Waals surface area contributed by atoms with E-state index in [9.17, 15) is 37.5 Å². The summed E-state index contributed by atoms with van der Waals surface area (Å²) in [5.41, 5.74) is 0.821. The minimum atomic E-state index is -4.14. The lowest BCUT2D eigenvalue weighted by molar-refractivity contribution is -0.143. The van der Waals surface area contributed by atoms with E-state index in [1.54, 1.807) is 31.2 Å². The van der Waals surface area contributed by atoms with Crippen molar-refractivity contribution in [2.75, 3.05) is 31.3 Å². The quantitative estimate of drug-likeness (QED) is 0.0992. The standard InChI is InChI=1S/C35H54N6O8S2/c1-9-22(6)31(34(45)39-26(35(46)47)17-21(4)5)40-32(43)25(16-20(2)3)38-33(44)27(19-50)37-30(42)18-36-51(48,49)29-15-11-12-23-24(29)13-10-14-28(23)41(7)8/h10-15,20-22,25-27,31,36,50H,9,16-19H2,1-8H3,(H,37,42)(H,38,44)(H,39,45)(H,40,43)(H,46,47)/t22-,25-,26-,27-,31-/m0/s1. The van der Waals surface area contributed by atoms with E-state index in [4.69, 9.17) is 0 Å². The van der Waals surface area contributed by atoms with Gasteiger partial charge in [0.2, 0.25) is 33.7 Å². The molecule has 6 N–H and O–H groups in total. The molecule has 0 spiro atoms. The number of aliphatic carboxylic acids is 1. The van der Waals surface area contributed by atoms with Gasteiger partial charge in [-0.05, 0) is 42.7 Å². The highest BCUT2D eigenvalue weighted by Gasteiger charge is 2.34. The second-order valence-corrected chi connectivity index (χ2v) is 15.8. The number of nitrogens with one attached hydrogen (secondary N) is 5. The van der Waals surface area contributed by atoms with Gasteiger partial charge in [0.15, 0.2) is 0 Å². The Morgan fingerprint density at radius 2 is 1.31 bits per heavy atom. The van der Waals surface area contributed by atoms with Gasteiger partial charge in [0, 0.05) is 36.3 Å². The van der Waals surface area contributed by atoms with Gasteiger partial charge in [-0.25, -0.2) is 17.9 Å². The molecule has 4 amide bonds. The van der Waals surface area contributed by atoms with Crippen LogP contribution in [-0.2, 0) is 34.0 Å². The fraction of sp³-hybridized carbons (Fsp3) is 0.571. The van der Waals surface area contributed by atoms with Crippen LogP contribution in [0.2, 0.25) is 0 Å². The number of amides is 4. The molecule has 0 aromatic heterocycles. The van der Waals surface area contributed by atoms with Crippen molar-refractivity contribution in [1.29, 1.82) is 0 Å². The summed E-state index contributed by atoms with van der Waals surface area (Å²) >= 11 is 4.20. The number of carboxylic acid groups (broad SMARTS) is 1. The first kappa shape index (κ1) is 43.3. The predicted octanol–water partition coefficient (Wildman–Crippen LogP) is 2.28. The van der Waals surface area contributed by atoms with Crippen LogP contribution in [0, 0.1) is 17.8 Å². The number of carbonyl (C=O) groups excluding carboxylic acids is 4. The highest BCUT2D eigenvalue weighted by molar-refractivity contribution is 7.89. The third-order valence-electron chi connectivity index (χ3n) is 8.34. The molecule has 0 aliphatic carbocycles. The summed E-state index contributed by atoms with van der Waals surface area (Å²) in [5.74, 6) is -4.62. The molecule has 0 heterocycles. The molecule has 2 aromatic carbocycles. The van der Waals surface area contributed by atoms with Gasteiger partial charge < -0.3 is 31.3 Å². The Balaban J connectivity index is 2.16. The smallest absolute Gasteiger partial charge is 0.326 e. The Hall–Kier alpha value is -3.89. The van der Waals surface area contributed by atoms with E-state index in [0.29, 0.717) is 17.2 Å². The number of hydrogen-bond acceptors (Lipinski definition) is 9. The third kappa shape index (κ3) is 12.7. The van der Waals surface area contributed by atoms with Crippen molar-refractivity contribution < 1.29 is 37.5 Å². The lowest BCUT2D eigenvalue weighted by atomic mass is 9.95. The number of sulfonamides is 1. The number of benzene rings is 2. The van der Waals surface area contributed by atoms with Gasteiger partial charge >= 0.3 is 5.97 Å². The van der Waals surface area contributed by atoms with Crippen molar-refractivity contribution in [3.8, 4) is 0 Å². The summed E-state index contributed by atoms with van der Waals surface area (Å²) in [5, 5.41) is 21.2. The molecule has 0 aliphatic heterocycles. The Labute approximate surface area is 306 Å². The molecule has 0 bridgehead atoms. The van der Waals surface area contributed by atoms with E-state index < -0.39 is 70.3 Å². The molecule has 0 radical (unpaired) electrons. The van der Waals surface area contributed by atoms with E-state index in [0.717, 1.165) is 5.69 Å². The molecule has 0 aliphatic rings. The zero-order valence-corrected chi connectivity index (χ0v) is 32.4. The minimum absolute atomic E-state index is 0.00469. The average molecular weight is 751 g/mol. The van der Waals surface area contributed by atoms with Crippen LogP contribution in [0.1, 0.15) is 60.8 Å². The van der Waals surface area contributed by atoms with Crippen LogP contribution in [0.3, 0.4) is 0 Å². The van der Waals surface area contributed by atoms with Crippen LogP contribution >= 0.6 is 12.6 Å². The molecule has 51 heavy (non-hydrogen) atoms. The second-order valence-electron chi connectivity index (χ2n) is 13.7. The van der Waals surface area contributed by atoms with E-state index in [1.807, 2.05) is 59.7 Å². The maximum atomic E-state index is 13.6. The van der Waals surface area contributed by atoms with Crippen molar-refractivity contribution in [2.24, 2.45) is 17.8 Å². The number of rotatable bonds is 20. The molecule has 0 saturated carbocycles. The van der Waals surface area contributed by atoms with E-state index in [1.165, 1.54) is 6.07 Å². The number of hydrogen-bond donors (Lipinski definition) is 7. The van der Waals surface area contributed by atoms with Gasteiger partial charge in [0.05, 0.1) is 11.4 Å². The summed E-state index contributed by atoms with van der Waals surface area (Å²) in [7, 11) is -0.450. The molecular formula is C35H54N6O8S2. The lowest BCUT2D eigenvalue weighted by Gasteiger charge is -2.29. The zero-order valence-electron chi connectivity index (χ0n) is 30.6. The van der Waals surface area contributed by atoms with Crippen molar-refractivity contribution in [2.45, 2.75) is 89.9 Å². The van der Waals surface area contributed by atoms with E-state index in [-0.39, 0.29) is 41.2 Å². The Bertz CT molecular complexity index is 1650. The van der Waals surface area contributed by atoms with Gasteiger partial charge in [-0.1, -0.05) is 72.2 Å². The molecule has 284 valence electrons. The van der Waals surface area contributed by atoms with E-state index >= 15 is 0 Å². The molecule has 16 heteroatoms. The zero-order chi connectivity index (χ0) is 38.6. The van der Waals surface area contributed by atoms with Crippen LogP contribution < -0.4 is 30.9 Å². The summed E-state index contributed by atoms with van der Waals surface area (Å²) in [6.07, 6.45) is 0.884. The van der Waals surface area contributed by atoms with Crippen molar-refractivity contribution >= 4 is 68.7 Å². The fourth-order valence-electron chi connectivity index (χ4n) is 5.45. The van der Waals surface area contributed by atoms with E-state index in [2.05, 4.69) is 38.6 Å². The molecule has 14 nitrogen and oxygen atoms in total. The summed E-state index contributed by atoms with van der Waals surface area (Å²) in [6.45, 7) is 10.3. The van der Waals surface area contributed by atoms with Crippen LogP contribution in [0.15, 0.2) is 41.3 Å². The molecule has 0 unspecified atom stereocenters. The number of carbonyl (C=O) groups is 5. The van der Waals surface area contributed by atoms with Gasteiger partial charge in [0.1, 0.15) is 24.2 Å². The number of thiol groups is 1. The summed E-state index contributed by atoms with van der Waals surface area (Å²) in [6, 6.07) is 5.60. The largest absolute Gasteiger partial charge is 0.480 e. The molecule has 2 aromatic rings. The normalized spacial score (nSPS) is 14.6. The monoisotopic (exact) mass is 750 g/mol. The Kier molecular flexibility index (Phi) is 16.7. The van der Waals surface area contributed by atoms with Gasteiger partial charge in [-0.3, -0.25) is 19.2 Å². The van der Waals surface area contributed by atoms with Crippen LogP contribution in [0.4, 0.5) is 5.69 Å². The number of fused-ring (bicyclic) bond motifs is 1. The van der Waals surface area contributed by atoms with Crippen molar-refractivity contribution in [3.05, 3.63) is 36.4 Å². The molecule has 2 rings (SSSR count). The molecular weight excluding hydrogens is 697 g/mol. The fourth-order valence-corrected chi connectivity index (χ4v) is 6.91. The highest BCUT2D eigenvalue weighted by atomic mass is 32.2. The third-order valence-corrected chi connectivity index (χ3v) is 10.2. The first-order valence-electron chi connectivity index (χ1n) is 17.1. The van der Waals surface area contributed by atoms with Crippen molar-refractivity contribution in [1.82, 2.24) is 26.0 Å². The second kappa shape index (κ2) is 19.6. The Morgan fingerprint density at radius 1 is 0.765 bits per heavy atom. The van der Waals surface area contributed by atoms with Crippen LogP contribution in [0.5, 0.6) is 0 Å². The number of carboxylic acids is 1. The lowest BCUT2D eigenvalue weighted by Crippen LogP contribution is -2.59. The molecule has 0 fully saturated rings.